The molecule has 0 fully saturated rings. The van der Waals surface area contributed by atoms with Crippen LogP contribution in [0.25, 0.3) is 0 Å². The van der Waals surface area contributed by atoms with Crippen LogP contribution in [0.2, 0.25) is 0 Å². The van der Waals surface area contributed by atoms with E-state index in [1.807, 2.05) is 30.3 Å². The Balaban J connectivity index is 2.26. The third-order valence-electron chi connectivity index (χ3n) is 2.52. The van der Waals surface area contributed by atoms with Gasteiger partial charge in [-0.2, -0.15) is 0 Å². The van der Waals surface area contributed by atoms with Crippen molar-refractivity contribution in [3.63, 3.8) is 0 Å². The quantitative estimate of drug-likeness (QED) is 0.578. The van der Waals surface area contributed by atoms with Crippen LogP contribution in [-0.2, 0) is 10.3 Å². The molecule has 0 bridgehead atoms. The van der Waals surface area contributed by atoms with E-state index >= 15 is 0 Å². The van der Waals surface area contributed by atoms with Crippen LogP contribution in [0.15, 0.2) is 30.3 Å². The topological polar surface area (TPSA) is 61.7 Å². The second kappa shape index (κ2) is 7.40. The van der Waals surface area contributed by atoms with Gasteiger partial charge in [0.2, 0.25) is 0 Å². The van der Waals surface area contributed by atoms with Gasteiger partial charge in [0.1, 0.15) is 0 Å². The van der Waals surface area contributed by atoms with Crippen LogP contribution in [0.4, 0.5) is 0 Å². The lowest BCUT2D eigenvalue weighted by molar-refractivity contribution is 0.0509. The highest BCUT2D eigenvalue weighted by atomic mass is 16.5. The van der Waals surface area contributed by atoms with E-state index in [0.29, 0.717) is 26.3 Å². The number of nitrogens with one attached hydrogen (secondary N) is 1. The van der Waals surface area contributed by atoms with E-state index in [9.17, 15) is 5.11 Å². The number of rotatable bonds is 8. The summed E-state index contributed by atoms with van der Waals surface area (Å²) in [7, 11) is 0. The number of aliphatic hydroxyl groups is 2. The first-order chi connectivity index (χ1) is 8.17. The van der Waals surface area contributed by atoms with Crippen LogP contribution in [0, 0.1) is 0 Å². The van der Waals surface area contributed by atoms with Crippen molar-refractivity contribution in [1.29, 1.82) is 0 Å². The Kier molecular flexibility index (Phi) is 6.15. The molecule has 96 valence electrons. The van der Waals surface area contributed by atoms with Gasteiger partial charge in [0.05, 0.1) is 25.4 Å². The van der Waals surface area contributed by atoms with E-state index in [0.717, 1.165) is 5.56 Å². The molecule has 0 amide bonds. The highest BCUT2D eigenvalue weighted by molar-refractivity contribution is 5.21. The second-order valence-electron chi connectivity index (χ2n) is 4.15. The minimum Gasteiger partial charge on any atom is -0.394 e. The minimum atomic E-state index is -0.877. The van der Waals surface area contributed by atoms with E-state index < -0.39 is 5.60 Å². The van der Waals surface area contributed by atoms with Gasteiger partial charge in [-0.1, -0.05) is 30.3 Å². The molecule has 4 heteroatoms. The fourth-order valence-electron chi connectivity index (χ4n) is 1.54. The lowest BCUT2D eigenvalue weighted by Crippen LogP contribution is -2.36. The predicted molar refractivity (Wildman–Crippen MR) is 66.8 cm³/mol. The molecular formula is C13H21NO3. The molecule has 17 heavy (non-hydrogen) atoms. The third kappa shape index (κ3) is 5.28. The van der Waals surface area contributed by atoms with Gasteiger partial charge >= 0.3 is 0 Å². The first-order valence-corrected chi connectivity index (χ1v) is 5.84. The first-order valence-electron chi connectivity index (χ1n) is 5.84. The SMILES string of the molecule is CC(O)(CNCCOCCO)c1ccccc1. The highest BCUT2D eigenvalue weighted by Crippen LogP contribution is 2.18. The number of hydrogen-bond donors (Lipinski definition) is 3. The zero-order valence-corrected chi connectivity index (χ0v) is 10.2. The van der Waals surface area contributed by atoms with Crippen LogP contribution in [0.5, 0.6) is 0 Å². The van der Waals surface area contributed by atoms with Gasteiger partial charge in [0.15, 0.2) is 0 Å². The summed E-state index contributed by atoms with van der Waals surface area (Å²) in [5, 5.41) is 21.9. The molecule has 1 aromatic rings. The zero-order chi connectivity index (χ0) is 12.6. The maximum absolute atomic E-state index is 10.2. The predicted octanol–water partition coefficient (Wildman–Crippen LogP) is 0.493. The van der Waals surface area contributed by atoms with Crippen LogP contribution < -0.4 is 5.32 Å². The Bertz CT molecular complexity index is 301. The molecule has 0 aliphatic heterocycles. The molecule has 0 radical (unpaired) electrons. The summed E-state index contributed by atoms with van der Waals surface area (Å²) in [4.78, 5) is 0. The summed E-state index contributed by atoms with van der Waals surface area (Å²) >= 11 is 0. The van der Waals surface area contributed by atoms with Crippen molar-refractivity contribution in [3.05, 3.63) is 35.9 Å². The summed E-state index contributed by atoms with van der Waals surface area (Å²) in [6, 6.07) is 9.56. The lowest BCUT2D eigenvalue weighted by atomic mass is 9.96. The van der Waals surface area contributed by atoms with Crippen LogP contribution in [0.3, 0.4) is 0 Å². The van der Waals surface area contributed by atoms with Crippen LogP contribution in [-0.4, -0.2) is 43.1 Å². The fourth-order valence-corrected chi connectivity index (χ4v) is 1.54. The number of benzene rings is 1. The molecule has 0 aliphatic rings. The average molecular weight is 239 g/mol. The van der Waals surface area contributed by atoms with Crippen molar-refractivity contribution in [2.45, 2.75) is 12.5 Å². The second-order valence-corrected chi connectivity index (χ2v) is 4.15. The third-order valence-corrected chi connectivity index (χ3v) is 2.52. The van der Waals surface area contributed by atoms with Crippen molar-refractivity contribution >= 4 is 0 Å². The van der Waals surface area contributed by atoms with Crippen molar-refractivity contribution in [2.75, 3.05) is 32.9 Å². The molecule has 1 rings (SSSR count). The van der Waals surface area contributed by atoms with Gasteiger partial charge in [-0.05, 0) is 12.5 Å². The number of hydrogen-bond acceptors (Lipinski definition) is 4. The average Bonchev–Trinajstić information content (AvgIpc) is 2.35. The van der Waals surface area contributed by atoms with E-state index in [1.54, 1.807) is 6.92 Å². The Hall–Kier alpha value is -0.940. The van der Waals surface area contributed by atoms with Gasteiger partial charge in [0.25, 0.3) is 0 Å². The standard InChI is InChI=1S/C13H21NO3/c1-13(16,12-5-3-2-4-6-12)11-14-7-9-17-10-8-15/h2-6,14-16H,7-11H2,1H3. The Morgan fingerprint density at radius 1 is 1.24 bits per heavy atom. The largest absolute Gasteiger partial charge is 0.394 e. The highest BCUT2D eigenvalue weighted by Gasteiger charge is 2.21. The molecule has 4 nitrogen and oxygen atoms in total. The summed E-state index contributed by atoms with van der Waals surface area (Å²) in [5.74, 6) is 0. The number of ether oxygens (including phenoxy) is 1. The molecule has 3 N–H and O–H groups in total. The minimum absolute atomic E-state index is 0.0434. The molecule has 0 aliphatic carbocycles. The van der Waals surface area contributed by atoms with Crippen molar-refractivity contribution in [2.24, 2.45) is 0 Å². The van der Waals surface area contributed by atoms with Gasteiger partial charge in [-0.25, -0.2) is 0 Å². The van der Waals surface area contributed by atoms with Crippen LogP contribution in [0.1, 0.15) is 12.5 Å². The molecule has 0 heterocycles. The Morgan fingerprint density at radius 2 is 1.94 bits per heavy atom. The molecular weight excluding hydrogens is 218 g/mol. The van der Waals surface area contributed by atoms with Crippen LogP contribution >= 0.6 is 0 Å². The fraction of sp³-hybridized carbons (Fsp3) is 0.538. The zero-order valence-electron chi connectivity index (χ0n) is 10.2. The maximum atomic E-state index is 10.2. The van der Waals surface area contributed by atoms with E-state index in [-0.39, 0.29) is 6.61 Å². The summed E-state index contributed by atoms with van der Waals surface area (Å²) in [6.45, 7) is 3.84. The van der Waals surface area contributed by atoms with Crippen molar-refractivity contribution < 1.29 is 14.9 Å². The number of aliphatic hydroxyl groups excluding tert-OH is 1. The van der Waals surface area contributed by atoms with Crippen molar-refractivity contribution in [3.8, 4) is 0 Å². The summed E-state index contributed by atoms with van der Waals surface area (Å²) in [5.41, 5.74) is 0.0156. The Morgan fingerprint density at radius 3 is 2.59 bits per heavy atom. The monoisotopic (exact) mass is 239 g/mol. The van der Waals surface area contributed by atoms with E-state index in [4.69, 9.17) is 9.84 Å². The molecule has 0 aromatic heterocycles. The van der Waals surface area contributed by atoms with Gasteiger partial charge < -0.3 is 20.3 Å². The van der Waals surface area contributed by atoms with Crippen molar-refractivity contribution in [1.82, 2.24) is 5.32 Å². The Labute approximate surface area is 102 Å². The smallest absolute Gasteiger partial charge is 0.0992 e. The van der Waals surface area contributed by atoms with Gasteiger partial charge in [-0.3, -0.25) is 0 Å². The molecule has 0 saturated heterocycles. The van der Waals surface area contributed by atoms with E-state index in [1.165, 1.54) is 0 Å². The lowest BCUT2D eigenvalue weighted by Gasteiger charge is -2.24. The molecule has 1 unspecified atom stereocenters. The first kappa shape index (κ1) is 14.1. The van der Waals surface area contributed by atoms with Gasteiger partial charge in [-0.15, -0.1) is 0 Å². The van der Waals surface area contributed by atoms with Gasteiger partial charge in [0, 0.05) is 13.1 Å². The maximum Gasteiger partial charge on any atom is 0.0992 e. The molecule has 0 saturated carbocycles. The summed E-state index contributed by atoms with van der Waals surface area (Å²) in [6.07, 6.45) is 0. The molecule has 1 aromatic carbocycles. The molecule has 0 spiro atoms. The molecule has 1 atom stereocenters. The van der Waals surface area contributed by atoms with E-state index in [2.05, 4.69) is 5.32 Å². The summed E-state index contributed by atoms with van der Waals surface area (Å²) < 4.78 is 5.11. The normalized spacial score (nSPS) is 14.5.